The van der Waals surface area contributed by atoms with Gasteiger partial charge >= 0.3 is 0 Å². The fourth-order valence-electron chi connectivity index (χ4n) is 2.43. The number of hydrogen-bond donors (Lipinski definition) is 1. The maximum atomic E-state index is 6.14. The van der Waals surface area contributed by atoms with Crippen LogP contribution in [0.5, 0.6) is 0 Å². The number of rotatable bonds is 3. The number of aromatic amines is 1. The van der Waals surface area contributed by atoms with Crippen molar-refractivity contribution in [1.82, 2.24) is 9.97 Å². The molecule has 0 fully saturated rings. The first-order chi connectivity index (χ1) is 10.6. The second-order valence-electron chi connectivity index (χ2n) is 5.13. The van der Waals surface area contributed by atoms with Crippen LogP contribution in [0.3, 0.4) is 0 Å². The van der Waals surface area contributed by atoms with Crippen LogP contribution in [0.25, 0.3) is 6.08 Å². The summed E-state index contributed by atoms with van der Waals surface area (Å²) in [6, 6.07) is 5.83. The molecule has 3 rings (SSSR count). The van der Waals surface area contributed by atoms with Crippen molar-refractivity contribution in [2.75, 3.05) is 7.11 Å². The Morgan fingerprint density at radius 2 is 2.14 bits per heavy atom. The monoisotopic (exact) mass is 313 g/mol. The van der Waals surface area contributed by atoms with Gasteiger partial charge in [0.1, 0.15) is 16.6 Å². The van der Waals surface area contributed by atoms with E-state index in [0.717, 1.165) is 28.4 Å². The number of pyridine rings is 1. The van der Waals surface area contributed by atoms with E-state index >= 15 is 0 Å². The number of halogens is 1. The third-order valence-electron chi connectivity index (χ3n) is 3.49. The second-order valence-corrected chi connectivity index (χ2v) is 5.49. The molecule has 2 aromatic rings. The molecule has 0 amide bonds. The van der Waals surface area contributed by atoms with Gasteiger partial charge in [0.15, 0.2) is 0 Å². The third-order valence-corrected chi connectivity index (χ3v) is 3.79. The number of allylic oxidation sites excluding steroid dienone is 1. The highest BCUT2D eigenvalue weighted by molar-refractivity contribution is 6.34. The number of aliphatic imine (C=N–C) groups is 1. The van der Waals surface area contributed by atoms with Crippen molar-refractivity contribution in [2.45, 2.75) is 13.8 Å². The van der Waals surface area contributed by atoms with Crippen LogP contribution >= 0.6 is 11.6 Å². The summed E-state index contributed by atoms with van der Waals surface area (Å²) < 4.78 is 5.44. The maximum Gasteiger partial charge on any atom is 0.146 e. The normalized spacial score (nSPS) is 15.9. The molecule has 2 aromatic heterocycles. The van der Waals surface area contributed by atoms with E-state index < -0.39 is 0 Å². The van der Waals surface area contributed by atoms with E-state index in [4.69, 9.17) is 16.3 Å². The van der Waals surface area contributed by atoms with Crippen molar-refractivity contribution >= 4 is 23.4 Å². The molecule has 1 aliphatic rings. The van der Waals surface area contributed by atoms with Crippen LogP contribution in [0, 0.1) is 13.8 Å². The minimum atomic E-state index is 0.432. The predicted octanol–water partition coefficient (Wildman–Crippen LogP) is 4.05. The number of aromatic nitrogens is 2. The van der Waals surface area contributed by atoms with Gasteiger partial charge in [-0.15, -0.1) is 0 Å². The van der Waals surface area contributed by atoms with Crippen molar-refractivity contribution < 1.29 is 4.74 Å². The third kappa shape index (κ3) is 2.70. The number of H-pyrrole nitrogens is 1. The summed E-state index contributed by atoms with van der Waals surface area (Å²) in [5.41, 5.74) is 5.62. The van der Waals surface area contributed by atoms with Gasteiger partial charge in [0, 0.05) is 29.2 Å². The molecule has 4 nitrogen and oxygen atoms in total. The molecule has 0 saturated heterocycles. The second kappa shape index (κ2) is 5.81. The van der Waals surface area contributed by atoms with Crippen LogP contribution in [-0.2, 0) is 4.74 Å². The average molecular weight is 314 g/mol. The summed E-state index contributed by atoms with van der Waals surface area (Å²) in [4.78, 5) is 12.0. The topological polar surface area (TPSA) is 50.3 Å². The largest absolute Gasteiger partial charge is 0.494 e. The Balaban J connectivity index is 2.04. The molecule has 1 N–H and O–H groups in total. The summed E-state index contributed by atoms with van der Waals surface area (Å²) >= 11 is 6.14. The molecule has 3 heterocycles. The lowest BCUT2D eigenvalue weighted by atomic mass is 10.2. The van der Waals surface area contributed by atoms with Gasteiger partial charge in [0.05, 0.1) is 12.8 Å². The molecule has 0 unspecified atom stereocenters. The quantitative estimate of drug-likeness (QED) is 0.869. The summed E-state index contributed by atoms with van der Waals surface area (Å²) in [6.45, 7) is 4.09. The molecule has 22 heavy (non-hydrogen) atoms. The van der Waals surface area contributed by atoms with E-state index in [2.05, 4.69) is 28.0 Å². The number of hydrogen-bond acceptors (Lipinski definition) is 3. The molecule has 0 aliphatic carbocycles. The number of aryl methyl sites for hydroxylation is 2. The standard InChI is InChI=1S/C17H16ClN3O/c1-10-7-11(2)20-13(10)8-15-16(22-3)9-14(21-15)12-5-4-6-19-17(12)18/h4-9,20H,1-3H3/b15-8-. The zero-order valence-electron chi connectivity index (χ0n) is 12.6. The van der Waals surface area contributed by atoms with Gasteiger partial charge < -0.3 is 9.72 Å². The highest BCUT2D eigenvalue weighted by atomic mass is 35.5. The molecular formula is C17H16ClN3O. The Bertz CT molecular complexity index is 815. The van der Waals surface area contributed by atoms with E-state index in [1.165, 1.54) is 5.56 Å². The zero-order valence-corrected chi connectivity index (χ0v) is 13.4. The number of nitrogens with zero attached hydrogens (tertiary/aromatic N) is 2. The van der Waals surface area contributed by atoms with Crippen molar-refractivity contribution in [3.8, 4) is 0 Å². The lowest BCUT2D eigenvalue weighted by Crippen LogP contribution is -1.96. The van der Waals surface area contributed by atoms with Crippen LogP contribution in [0.4, 0.5) is 0 Å². The van der Waals surface area contributed by atoms with Crippen molar-refractivity contribution in [1.29, 1.82) is 0 Å². The summed E-state index contributed by atoms with van der Waals surface area (Å²) in [5, 5.41) is 0.432. The lowest BCUT2D eigenvalue weighted by Gasteiger charge is -2.01. The Labute approximate surface area is 134 Å². The molecule has 0 spiro atoms. The zero-order chi connectivity index (χ0) is 15.7. The highest BCUT2D eigenvalue weighted by Gasteiger charge is 2.19. The molecule has 0 aromatic carbocycles. The van der Waals surface area contributed by atoms with Crippen LogP contribution in [-0.4, -0.2) is 22.8 Å². The SMILES string of the molecule is COC1=CC(c2cccnc2Cl)=N/C1=C\c1[nH]c(C)cc1C. The van der Waals surface area contributed by atoms with Gasteiger partial charge in [0.2, 0.25) is 0 Å². The Hall–Kier alpha value is -2.33. The van der Waals surface area contributed by atoms with E-state index in [9.17, 15) is 0 Å². The molecule has 0 radical (unpaired) electrons. The van der Waals surface area contributed by atoms with Gasteiger partial charge in [-0.3, -0.25) is 0 Å². The average Bonchev–Trinajstić information content (AvgIpc) is 3.03. The van der Waals surface area contributed by atoms with E-state index in [0.29, 0.717) is 10.9 Å². The van der Waals surface area contributed by atoms with Crippen molar-refractivity contribution in [2.24, 2.45) is 4.99 Å². The summed E-state index contributed by atoms with van der Waals surface area (Å²) in [6.07, 6.45) is 5.51. The fraction of sp³-hybridized carbons (Fsp3) is 0.176. The van der Waals surface area contributed by atoms with Gasteiger partial charge in [0.25, 0.3) is 0 Å². The van der Waals surface area contributed by atoms with E-state index in [1.54, 1.807) is 13.3 Å². The van der Waals surface area contributed by atoms with Gasteiger partial charge in [-0.25, -0.2) is 9.98 Å². The minimum absolute atomic E-state index is 0.432. The first kappa shape index (κ1) is 14.6. The Morgan fingerprint density at radius 3 is 2.77 bits per heavy atom. The molecule has 0 saturated carbocycles. The minimum Gasteiger partial charge on any atom is -0.494 e. The van der Waals surface area contributed by atoms with Gasteiger partial charge in [-0.05, 0) is 43.7 Å². The van der Waals surface area contributed by atoms with E-state index in [1.807, 2.05) is 31.2 Å². The van der Waals surface area contributed by atoms with E-state index in [-0.39, 0.29) is 0 Å². The van der Waals surface area contributed by atoms with Crippen LogP contribution in [0.2, 0.25) is 5.15 Å². The van der Waals surface area contributed by atoms with Crippen LogP contribution < -0.4 is 0 Å². The Kier molecular flexibility index (Phi) is 3.86. The van der Waals surface area contributed by atoms with Gasteiger partial charge in [-0.2, -0.15) is 0 Å². The van der Waals surface area contributed by atoms with Crippen LogP contribution in [0.1, 0.15) is 22.5 Å². The van der Waals surface area contributed by atoms with Crippen molar-refractivity contribution in [3.05, 3.63) is 69.6 Å². The number of methoxy groups -OCH3 is 1. The first-order valence-electron chi connectivity index (χ1n) is 6.92. The number of nitrogens with one attached hydrogen (secondary N) is 1. The summed E-state index contributed by atoms with van der Waals surface area (Å²) in [7, 11) is 1.63. The van der Waals surface area contributed by atoms with Gasteiger partial charge in [-0.1, -0.05) is 11.6 Å². The molecular weight excluding hydrogens is 298 g/mol. The first-order valence-corrected chi connectivity index (χ1v) is 7.30. The smallest absolute Gasteiger partial charge is 0.146 e. The molecule has 112 valence electrons. The van der Waals surface area contributed by atoms with Crippen molar-refractivity contribution in [3.63, 3.8) is 0 Å². The highest BCUT2D eigenvalue weighted by Crippen LogP contribution is 2.27. The molecule has 0 bridgehead atoms. The molecule has 5 heteroatoms. The maximum absolute atomic E-state index is 6.14. The number of ether oxygens (including phenoxy) is 1. The molecule has 0 atom stereocenters. The lowest BCUT2D eigenvalue weighted by molar-refractivity contribution is 0.303. The Morgan fingerprint density at radius 1 is 1.32 bits per heavy atom. The summed E-state index contributed by atoms with van der Waals surface area (Å²) in [5.74, 6) is 0.710. The van der Waals surface area contributed by atoms with Crippen LogP contribution in [0.15, 0.2) is 46.9 Å². The fourth-order valence-corrected chi connectivity index (χ4v) is 2.65. The predicted molar refractivity (Wildman–Crippen MR) is 89.1 cm³/mol. The molecule has 1 aliphatic heterocycles.